The molecule has 1 heterocycles. The SMILES string of the molecule is NNc1cc(NCCO)nc(C(F)(F)F)n1. The number of aromatic nitrogens is 2. The summed E-state index contributed by atoms with van der Waals surface area (Å²) in [5.74, 6) is 3.44. The van der Waals surface area contributed by atoms with Gasteiger partial charge in [-0.3, -0.25) is 0 Å². The maximum atomic E-state index is 12.3. The van der Waals surface area contributed by atoms with Crippen LogP contribution in [0.15, 0.2) is 6.07 Å². The van der Waals surface area contributed by atoms with Crippen molar-refractivity contribution in [2.24, 2.45) is 5.84 Å². The van der Waals surface area contributed by atoms with Gasteiger partial charge in [0, 0.05) is 12.6 Å². The number of anilines is 2. The highest BCUT2D eigenvalue weighted by Gasteiger charge is 2.35. The van der Waals surface area contributed by atoms with E-state index >= 15 is 0 Å². The number of aliphatic hydroxyl groups is 1. The first kappa shape index (κ1) is 12.5. The van der Waals surface area contributed by atoms with Crippen LogP contribution in [0.1, 0.15) is 5.82 Å². The molecule has 6 nitrogen and oxygen atoms in total. The number of hydrazine groups is 1. The normalized spacial score (nSPS) is 11.3. The van der Waals surface area contributed by atoms with Crippen LogP contribution >= 0.6 is 0 Å². The predicted molar refractivity (Wildman–Crippen MR) is 50.4 cm³/mol. The first-order chi connectivity index (χ1) is 7.47. The average molecular weight is 237 g/mol. The lowest BCUT2D eigenvalue weighted by molar-refractivity contribution is -0.144. The minimum atomic E-state index is -4.65. The van der Waals surface area contributed by atoms with E-state index in [0.29, 0.717) is 0 Å². The summed E-state index contributed by atoms with van der Waals surface area (Å²) in [6, 6.07) is 1.20. The van der Waals surface area contributed by atoms with Crippen LogP contribution < -0.4 is 16.6 Å². The Hall–Kier alpha value is -1.61. The molecule has 0 spiro atoms. The van der Waals surface area contributed by atoms with Gasteiger partial charge in [0.05, 0.1) is 6.61 Å². The zero-order valence-corrected chi connectivity index (χ0v) is 8.04. The fourth-order valence-corrected chi connectivity index (χ4v) is 0.922. The Morgan fingerprint density at radius 2 is 1.94 bits per heavy atom. The van der Waals surface area contributed by atoms with Gasteiger partial charge in [0.1, 0.15) is 11.6 Å². The molecule has 0 unspecified atom stereocenters. The summed E-state index contributed by atoms with van der Waals surface area (Å²) in [4.78, 5) is 6.39. The molecule has 0 saturated carbocycles. The Bertz CT molecular complexity index is 356. The highest BCUT2D eigenvalue weighted by atomic mass is 19.4. The van der Waals surface area contributed by atoms with E-state index in [-0.39, 0.29) is 24.8 Å². The van der Waals surface area contributed by atoms with Crippen molar-refractivity contribution in [3.05, 3.63) is 11.9 Å². The van der Waals surface area contributed by atoms with E-state index in [4.69, 9.17) is 10.9 Å². The Morgan fingerprint density at radius 3 is 2.44 bits per heavy atom. The van der Waals surface area contributed by atoms with E-state index in [1.807, 2.05) is 5.43 Å². The molecule has 0 saturated heterocycles. The summed E-state index contributed by atoms with van der Waals surface area (Å²) in [6.45, 7) is -0.144. The maximum absolute atomic E-state index is 12.3. The van der Waals surface area contributed by atoms with Crippen molar-refractivity contribution in [3.8, 4) is 0 Å². The lowest BCUT2D eigenvalue weighted by Crippen LogP contribution is -2.18. The quantitative estimate of drug-likeness (QED) is 0.441. The summed E-state index contributed by atoms with van der Waals surface area (Å²) < 4.78 is 37.0. The molecule has 1 rings (SSSR count). The fraction of sp³-hybridized carbons (Fsp3) is 0.429. The predicted octanol–water partition coefficient (Wildman–Crippen LogP) is 0.185. The lowest BCUT2D eigenvalue weighted by Gasteiger charge is -2.10. The zero-order valence-electron chi connectivity index (χ0n) is 8.04. The van der Waals surface area contributed by atoms with Crippen LogP contribution in [-0.4, -0.2) is 28.2 Å². The number of aliphatic hydroxyl groups excluding tert-OH is 1. The van der Waals surface area contributed by atoms with Gasteiger partial charge in [-0.2, -0.15) is 13.2 Å². The van der Waals surface area contributed by atoms with Crippen molar-refractivity contribution in [3.63, 3.8) is 0 Å². The monoisotopic (exact) mass is 237 g/mol. The standard InChI is InChI=1S/C7H10F3N5O/c8-7(9,10)6-13-4(12-1-2-16)3-5(14-6)15-11/h3,16H,1-2,11H2,(H2,12,13,14,15). The van der Waals surface area contributed by atoms with Gasteiger partial charge in [0.15, 0.2) is 0 Å². The Balaban J connectivity index is 3.01. The summed E-state index contributed by atoms with van der Waals surface area (Å²) in [5.41, 5.74) is 2.00. The highest BCUT2D eigenvalue weighted by molar-refractivity contribution is 5.47. The minimum Gasteiger partial charge on any atom is -0.395 e. The van der Waals surface area contributed by atoms with Gasteiger partial charge in [-0.1, -0.05) is 0 Å². The number of hydrogen-bond acceptors (Lipinski definition) is 6. The molecule has 16 heavy (non-hydrogen) atoms. The Morgan fingerprint density at radius 1 is 1.31 bits per heavy atom. The van der Waals surface area contributed by atoms with E-state index in [9.17, 15) is 13.2 Å². The van der Waals surface area contributed by atoms with Crippen molar-refractivity contribution >= 4 is 11.6 Å². The van der Waals surface area contributed by atoms with Gasteiger partial charge in [0.2, 0.25) is 5.82 Å². The molecule has 90 valence electrons. The van der Waals surface area contributed by atoms with Gasteiger partial charge >= 0.3 is 6.18 Å². The fourth-order valence-electron chi connectivity index (χ4n) is 0.922. The van der Waals surface area contributed by atoms with Gasteiger partial charge < -0.3 is 15.8 Å². The first-order valence-corrected chi connectivity index (χ1v) is 4.25. The molecule has 0 radical (unpaired) electrons. The second kappa shape index (κ2) is 4.94. The van der Waals surface area contributed by atoms with E-state index in [1.54, 1.807) is 0 Å². The van der Waals surface area contributed by atoms with Crippen LogP contribution in [0.4, 0.5) is 24.8 Å². The minimum absolute atomic E-state index is 0.0654. The second-order valence-corrected chi connectivity index (χ2v) is 2.75. The Labute approximate surface area is 88.7 Å². The zero-order chi connectivity index (χ0) is 12.2. The molecule has 5 N–H and O–H groups in total. The second-order valence-electron chi connectivity index (χ2n) is 2.75. The van der Waals surface area contributed by atoms with Crippen molar-refractivity contribution in [1.29, 1.82) is 0 Å². The van der Waals surface area contributed by atoms with E-state index in [0.717, 1.165) is 0 Å². The molecule has 0 fully saturated rings. The highest BCUT2D eigenvalue weighted by Crippen LogP contribution is 2.27. The summed E-state index contributed by atoms with van der Waals surface area (Å²) >= 11 is 0. The molecule has 1 aromatic heterocycles. The maximum Gasteiger partial charge on any atom is 0.451 e. The van der Waals surface area contributed by atoms with E-state index < -0.39 is 12.0 Å². The van der Waals surface area contributed by atoms with E-state index in [1.165, 1.54) is 6.07 Å². The van der Waals surface area contributed by atoms with Gasteiger partial charge in [-0.05, 0) is 0 Å². The third kappa shape index (κ3) is 3.21. The van der Waals surface area contributed by atoms with E-state index in [2.05, 4.69) is 15.3 Å². The third-order valence-electron chi connectivity index (χ3n) is 1.55. The molecule has 0 aliphatic heterocycles. The van der Waals surface area contributed by atoms with Crippen LogP contribution in [0.5, 0.6) is 0 Å². The van der Waals surface area contributed by atoms with Crippen LogP contribution in [0.3, 0.4) is 0 Å². The molecule has 0 aliphatic carbocycles. The van der Waals surface area contributed by atoms with Crippen LogP contribution in [0.2, 0.25) is 0 Å². The Kier molecular flexibility index (Phi) is 3.85. The number of rotatable bonds is 4. The first-order valence-electron chi connectivity index (χ1n) is 4.25. The summed E-state index contributed by atoms with van der Waals surface area (Å²) in [7, 11) is 0. The van der Waals surface area contributed by atoms with Crippen molar-refractivity contribution in [2.45, 2.75) is 6.18 Å². The number of alkyl halides is 3. The third-order valence-corrected chi connectivity index (χ3v) is 1.55. The van der Waals surface area contributed by atoms with Gasteiger partial charge in [0.25, 0.3) is 0 Å². The molecule has 9 heteroatoms. The van der Waals surface area contributed by atoms with Crippen LogP contribution in [0, 0.1) is 0 Å². The number of nitrogens with two attached hydrogens (primary N) is 1. The van der Waals surface area contributed by atoms with Crippen molar-refractivity contribution in [2.75, 3.05) is 23.9 Å². The molecule has 0 atom stereocenters. The number of nitrogens with one attached hydrogen (secondary N) is 2. The smallest absolute Gasteiger partial charge is 0.395 e. The molecular weight excluding hydrogens is 227 g/mol. The van der Waals surface area contributed by atoms with Gasteiger partial charge in [-0.25, -0.2) is 15.8 Å². The summed E-state index contributed by atoms with van der Waals surface area (Å²) in [6.07, 6.45) is -4.65. The molecule has 0 aromatic carbocycles. The van der Waals surface area contributed by atoms with Gasteiger partial charge in [-0.15, -0.1) is 0 Å². The molecule has 0 amide bonds. The van der Waals surface area contributed by atoms with Crippen LogP contribution in [-0.2, 0) is 6.18 Å². The van der Waals surface area contributed by atoms with Crippen molar-refractivity contribution in [1.82, 2.24) is 9.97 Å². The number of nitrogen functional groups attached to an aromatic ring is 1. The molecule has 1 aromatic rings. The largest absolute Gasteiger partial charge is 0.451 e. The topological polar surface area (TPSA) is 96.1 Å². The lowest BCUT2D eigenvalue weighted by atomic mass is 10.4. The summed E-state index contributed by atoms with van der Waals surface area (Å²) in [5, 5.41) is 11.0. The molecular formula is C7H10F3N5O. The number of nitrogens with zero attached hydrogens (tertiary/aromatic N) is 2. The van der Waals surface area contributed by atoms with Crippen molar-refractivity contribution < 1.29 is 18.3 Å². The number of halogens is 3. The average Bonchev–Trinajstić information content (AvgIpc) is 2.24. The number of hydrogen-bond donors (Lipinski definition) is 4. The van der Waals surface area contributed by atoms with Crippen LogP contribution in [0.25, 0.3) is 0 Å². The molecule has 0 bridgehead atoms. The molecule has 0 aliphatic rings.